The van der Waals surface area contributed by atoms with Gasteiger partial charge in [0, 0.05) is 67.6 Å². The Bertz CT molecular complexity index is 1370. The van der Waals surface area contributed by atoms with Crippen LogP contribution in [0.5, 0.6) is 0 Å². The van der Waals surface area contributed by atoms with Crippen LogP contribution in [0.3, 0.4) is 0 Å². The quantitative estimate of drug-likeness (QED) is 0.362. The number of aromatic nitrogens is 1. The molecule has 1 fully saturated rings. The van der Waals surface area contributed by atoms with Gasteiger partial charge in [0.25, 0.3) is 0 Å². The number of carbonyl (C=O) groups is 1. The average Bonchev–Trinajstić information content (AvgIpc) is 2.89. The highest BCUT2D eigenvalue weighted by molar-refractivity contribution is 7.89. The van der Waals surface area contributed by atoms with Crippen molar-refractivity contribution >= 4 is 38.8 Å². The van der Waals surface area contributed by atoms with E-state index >= 15 is 0 Å². The Morgan fingerprint density at radius 1 is 1.03 bits per heavy atom. The lowest BCUT2D eigenvalue weighted by Crippen LogP contribution is -2.50. The number of anilines is 4. The van der Waals surface area contributed by atoms with Crippen LogP contribution in [0.1, 0.15) is 30.5 Å². The number of aryl methyl sites for hydroxylation is 1. The molecule has 0 aliphatic carbocycles. The van der Waals surface area contributed by atoms with Crippen molar-refractivity contribution in [2.24, 2.45) is 5.73 Å². The maximum Gasteiger partial charge on any atom is 0.221 e. The molecule has 4 N–H and O–H groups in total. The first-order chi connectivity index (χ1) is 18.1. The second-order valence-electron chi connectivity index (χ2n) is 9.80. The van der Waals surface area contributed by atoms with E-state index in [1.165, 1.54) is 11.1 Å². The first kappa shape index (κ1) is 27.4. The van der Waals surface area contributed by atoms with Gasteiger partial charge >= 0.3 is 0 Å². The van der Waals surface area contributed by atoms with Crippen LogP contribution < -0.4 is 21.3 Å². The van der Waals surface area contributed by atoms with E-state index in [1.807, 2.05) is 42.5 Å². The largest absolute Gasteiger partial charge is 0.381 e. The zero-order valence-electron chi connectivity index (χ0n) is 22.1. The molecule has 0 bridgehead atoms. The predicted octanol–water partition coefficient (Wildman–Crippen LogP) is 3.63. The molecule has 1 amide bonds. The number of nitrogens with two attached hydrogens (primary N) is 1. The number of nitrogens with zero attached hydrogens (tertiary/aromatic N) is 3. The third-order valence-corrected chi connectivity index (χ3v) is 9.06. The number of hydrogen-bond acceptors (Lipinski definition) is 7. The van der Waals surface area contributed by atoms with Crippen LogP contribution >= 0.6 is 0 Å². The number of pyridine rings is 1. The van der Waals surface area contributed by atoms with E-state index < -0.39 is 21.2 Å². The summed E-state index contributed by atoms with van der Waals surface area (Å²) >= 11 is 0. The summed E-state index contributed by atoms with van der Waals surface area (Å²) in [4.78, 5) is 18.3. The number of piperazine rings is 1. The lowest BCUT2D eigenvalue weighted by Gasteiger charge is -2.36. The molecular weight excluding hydrogens is 500 g/mol. The Balaban J connectivity index is 1.42. The van der Waals surface area contributed by atoms with E-state index in [-0.39, 0.29) is 6.42 Å². The first-order valence-electron chi connectivity index (χ1n) is 12.8. The summed E-state index contributed by atoms with van der Waals surface area (Å²) in [6.07, 6.45) is 1.77. The highest BCUT2D eigenvalue weighted by Crippen LogP contribution is 2.26. The van der Waals surface area contributed by atoms with E-state index in [1.54, 1.807) is 24.3 Å². The van der Waals surface area contributed by atoms with Crippen LogP contribution in [-0.4, -0.2) is 55.0 Å². The molecule has 0 radical (unpaired) electrons. The molecule has 38 heavy (non-hydrogen) atoms. The lowest BCUT2D eigenvalue weighted by atomic mass is 10.1. The van der Waals surface area contributed by atoms with Crippen molar-refractivity contribution in [1.82, 2.24) is 9.29 Å². The number of benzene rings is 2. The van der Waals surface area contributed by atoms with E-state index in [4.69, 9.17) is 5.73 Å². The van der Waals surface area contributed by atoms with Gasteiger partial charge in [-0.1, -0.05) is 24.3 Å². The highest BCUT2D eigenvalue weighted by atomic mass is 32.2. The molecule has 202 valence electrons. The van der Waals surface area contributed by atoms with Crippen LogP contribution in [0.2, 0.25) is 0 Å². The summed E-state index contributed by atoms with van der Waals surface area (Å²) in [5, 5.41) is 6.36. The molecule has 0 atom stereocenters. The Hall–Kier alpha value is -3.63. The number of primary amides is 1. The minimum Gasteiger partial charge on any atom is -0.381 e. The van der Waals surface area contributed by atoms with Gasteiger partial charge in [0.1, 0.15) is 5.82 Å². The minimum atomic E-state index is -3.22. The summed E-state index contributed by atoms with van der Waals surface area (Å²) in [7, 11) is -3.22. The van der Waals surface area contributed by atoms with Gasteiger partial charge in [-0.25, -0.2) is 13.4 Å². The average molecular weight is 537 g/mol. The fourth-order valence-electron chi connectivity index (χ4n) is 4.45. The van der Waals surface area contributed by atoms with Crippen LogP contribution in [0.25, 0.3) is 0 Å². The standard InChI is InChI=1S/C28H36N6O3S/c1-20(2)38(36,37)34-14-12-33(13-15-34)25-10-8-24(9-11-25)32-28-17-26(23(19-31-28)16-27(29)35)30-18-22-7-5-4-6-21(22)3/h4-11,17,19-20H,12-16,18H2,1-3H3,(H2,29,35)(H2,30,31,32). The van der Waals surface area contributed by atoms with Gasteiger partial charge in [-0.3, -0.25) is 4.79 Å². The van der Waals surface area contributed by atoms with Crippen LogP contribution in [-0.2, 0) is 27.8 Å². The lowest BCUT2D eigenvalue weighted by molar-refractivity contribution is -0.117. The Kier molecular flexibility index (Phi) is 8.53. The Labute approximate surface area is 225 Å². The molecule has 3 aromatic rings. The molecular formula is C28H36N6O3S. The van der Waals surface area contributed by atoms with Crippen molar-refractivity contribution in [3.8, 4) is 0 Å². The monoisotopic (exact) mass is 536 g/mol. The SMILES string of the molecule is Cc1ccccc1CNc1cc(Nc2ccc(N3CCN(S(=O)(=O)C(C)C)CC3)cc2)ncc1CC(N)=O. The summed E-state index contributed by atoms with van der Waals surface area (Å²) in [5.74, 6) is 0.232. The van der Waals surface area contributed by atoms with Crippen molar-refractivity contribution < 1.29 is 13.2 Å². The van der Waals surface area contributed by atoms with Gasteiger partial charge in [0.15, 0.2) is 0 Å². The number of carbonyl (C=O) groups excluding carboxylic acids is 1. The first-order valence-corrected chi connectivity index (χ1v) is 14.3. The second-order valence-corrected chi connectivity index (χ2v) is 12.3. The van der Waals surface area contributed by atoms with Gasteiger partial charge in [-0.05, 0) is 56.2 Å². The smallest absolute Gasteiger partial charge is 0.221 e. The van der Waals surface area contributed by atoms with E-state index in [0.29, 0.717) is 38.5 Å². The zero-order valence-corrected chi connectivity index (χ0v) is 23.0. The number of hydrogen-bond donors (Lipinski definition) is 3. The van der Waals surface area contributed by atoms with Gasteiger partial charge in [-0.15, -0.1) is 0 Å². The molecule has 2 aromatic carbocycles. The van der Waals surface area contributed by atoms with E-state index in [9.17, 15) is 13.2 Å². The Morgan fingerprint density at radius 3 is 2.34 bits per heavy atom. The van der Waals surface area contributed by atoms with Gasteiger partial charge in [-0.2, -0.15) is 4.31 Å². The number of rotatable bonds is 10. The molecule has 1 aliphatic heterocycles. The second kappa shape index (κ2) is 11.8. The molecule has 1 aromatic heterocycles. The molecule has 1 aliphatic rings. The topological polar surface area (TPSA) is 121 Å². The maximum absolute atomic E-state index is 12.4. The maximum atomic E-state index is 12.4. The summed E-state index contributed by atoms with van der Waals surface area (Å²) in [6, 6.07) is 18.0. The van der Waals surface area contributed by atoms with E-state index in [2.05, 4.69) is 39.6 Å². The number of sulfonamides is 1. The molecule has 9 nitrogen and oxygen atoms in total. The van der Waals surface area contributed by atoms with Crippen molar-refractivity contribution in [1.29, 1.82) is 0 Å². The number of nitrogens with one attached hydrogen (secondary N) is 2. The molecule has 10 heteroatoms. The number of amides is 1. The van der Waals surface area contributed by atoms with Crippen LogP contribution in [0.15, 0.2) is 60.8 Å². The highest BCUT2D eigenvalue weighted by Gasteiger charge is 2.29. The third kappa shape index (κ3) is 6.62. The van der Waals surface area contributed by atoms with Crippen molar-refractivity contribution in [3.05, 3.63) is 77.5 Å². The van der Waals surface area contributed by atoms with Gasteiger partial charge in [0.2, 0.25) is 15.9 Å². The fourth-order valence-corrected chi connectivity index (χ4v) is 5.71. The molecule has 2 heterocycles. The molecule has 0 spiro atoms. The molecule has 1 saturated heterocycles. The van der Waals surface area contributed by atoms with Crippen molar-refractivity contribution in [3.63, 3.8) is 0 Å². The molecule has 4 rings (SSSR count). The summed E-state index contributed by atoms with van der Waals surface area (Å²) < 4.78 is 26.5. The van der Waals surface area contributed by atoms with Gasteiger partial charge < -0.3 is 21.3 Å². The van der Waals surface area contributed by atoms with Gasteiger partial charge in [0.05, 0.1) is 11.7 Å². The predicted molar refractivity (Wildman–Crippen MR) is 153 cm³/mol. The normalized spacial score (nSPS) is 14.5. The third-order valence-electron chi connectivity index (χ3n) is 6.78. The molecule has 0 saturated carbocycles. The van der Waals surface area contributed by atoms with Crippen molar-refractivity contribution in [2.45, 2.75) is 39.0 Å². The molecule has 0 unspecified atom stereocenters. The minimum absolute atomic E-state index is 0.101. The summed E-state index contributed by atoms with van der Waals surface area (Å²) in [5.41, 5.74) is 11.3. The summed E-state index contributed by atoms with van der Waals surface area (Å²) in [6.45, 7) is 8.39. The van der Waals surface area contributed by atoms with Crippen LogP contribution in [0, 0.1) is 6.92 Å². The van der Waals surface area contributed by atoms with Crippen LogP contribution in [0.4, 0.5) is 22.9 Å². The zero-order chi connectivity index (χ0) is 27.3. The van der Waals surface area contributed by atoms with Crippen molar-refractivity contribution in [2.75, 3.05) is 41.7 Å². The fraction of sp³-hybridized carbons (Fsp3) is 0.357. The Morgan fingerprint density at radius 2 is 1.71 bits per heavy atom. The van der Waals surface area contributed by atoms with E-state index in [0.717, 1.165) is 22.6 Å².